The van der Waals surface area contributed by atoms with Crippen molar-refractivity contribution in [3.63, 3.8) is 0 Å². The van der Waals surface area contributed by atoms with Gasteiger partial charge in [0.1, 0.15) is 11.4 Å². The molecule has 0 saturated heterocycles. The van der Waals surface area contributed by atoms with Crippen molar-refractivity contribution < 1.29 is 14.3 Å². The van der Waals surface area contributed by atoms with Crippen molar-refractivity contribution in [2.45, 2.75) is 65.3 Å². The third-order valence-corrected chi connectivity index (χ3v) is 4.31. The number of fused-ring (bicyclic) bond motifs is 1. The Morgan fingerprint density at radius 1 is 1.10 bits per heavy atom. The number of rotatable bonds is 5. The third kappa shape index (κ3) is 7.09. The molecule has 2 atom stereocenters. The Balaban J connectivity index is 0.000000426. The van der Waals surface area contributed by atoms with Gasteiger partial charge in [-0.2, -0.15) is 0 Å². The molecule has 158 valence electrons. The van der Waals surface area contributed by atoms with Gasteiger partial charge in [-0.3, -0.25) is 0 Å². The number of hydrogen-bond donors (Lipinski definition) is 1. The number of ether oxygens (including phenoxy) is 2. The lowest BCUT2D eigenvalue weighted by Gasteiger charge is -2.30. The summed E-state index contributed by atoms with van der Waals surface area (Å²) < 4.78 is 11.6. The molecule has 5 nitrogen and oxygen atoms in total. The lowest BCUT2D eigenvalue weighted by atomic mass is 10.2. The number of carbonyl (C=O) groups excluding carboxylic acids is 1. The highest BCUT2D eigenvalue weighted by Crippen LogP contribution is 2.38. The van der Waals surface area contributed by atoms with Crippen LogP contribution in [0.15, 0.2) is 60.7 Å². The van der Waals surface area contributed by atoms with Crippen LogP contribution in [0, 0.1) is 0 Å². The van der Waals surface area contributed by atoms with Crippen molar-refractivity contribution >= 4 is 11.8 Å². The Morgan fingerprint density at radius 2 is 1.69 bits per heavy atom. The standard InChI is InChI=1S/C18H28N2O3.C6H6/c1-6-7-12-19-13(2)16-20(17(21)23-18(3,4)5)14-10-8-9-11-15(14)22-16;1-2-4-6-5-3-1/h8-11,13,16,19H,6-7,12H2,1-5H3;1-6H. The smallest absolute Gasteiger partial charge is 0.417 e. The van der Waals surface area contributed by atoms with Crippen LogP contribution in [0.2, 0.25) is 0 Å². The van der Waals surface area contributed by atoms with Crippen molar-refractivity contribution in [1.29, 1.82) is 0 Å². The number of benzene rings is 2. The van der Waals surface area contributed by atoms with Gasteiger partial charge < -0.3 is 14.8 Å². The fourth-order valence-corrected chi connectivity index (χ4v) is 2.91. The maximum atomic E-state index is 12.7. The maximum Gasteiger partial charge on any atom is 0.417 e. The van der Waals surface area contributed by atoms with Crippen LogP contribution in [0.5, 0.6) is 5.75 Å². The fraction of sp³-hybridized carbons (Fsp3) is 0.458. The number of hydrogen-bond acceptors (Lipinski definition) is 4. The Labute approximate surface area is 175 Å². The first-order valence-corrected chi connectivity index (χ1v) is 10.3. The van der Waals surface area contributed by atoms with Gasteiger partial charge in [0, 0.05) is 0 Å². The Hall–Kier alpha value is -2.53. The van der Waals surface area contributed by atoms with Gasteiger partial charge in [-0.25, -0.2) is 9.69 Å². The number of unbranched alkanes of at least 4 members (excludes halogenated alkanes) is 1. The second kappa shape index (κ2) is 10.9. The lowest BCUT2D eigenvalue weighted by molar-refractivity contribution is 0.0501. The van der Waals surface area contributed by atoms with Crippen LogP contribution in [0.3, 0.4) is 0 Å². The second-order valence-corrected chi connectivity index (χ2v) is 8.08. The van der Waals surface area contributed by atoms with E-state index in [1.54, 1.807) is 4.90 Å². The molecule has 1 N–H and O–H groups in total. The van der Waals surface area contributed by atoms with Crippen molar-refractivity contribution in [2.24, 2.45) is 0 Å². The minimum atomic E-state index is -0.544. The van der Waals surface area contributed by atoms with Crippen molar-refractivity contribution in [2.75, 3.05) is 11.4 Å². The molecule has 5 heteroatoms. The van der Waals surface area contributed by atoms with Crippen LogP contribution in [-0.2, 0) is 4.74 Å². The average Bonchev–Trinajstić information content (AvgIpc) is 3.08. The number of carbonyl (C=O) groups is 1. The van der Waals surface area contributed by atoms with Crippen LogP contribution in [0.4, 0.5) is 10.5 Å². The first kappa shape index (κ1) is 22.8. The van der Waals surface area contributed by atoms with E-state index in [-0.39, 0.29) is 12.1 Å². The predicted octanol–water partition coefficient (Wildman–Crippen LogP) is 5.61. The molecule has 0 radical (unpaired) electrons. The van der Waals surface area contributed by atoms with Gasteiger partial charge in [0.05, 0.1) is 11.7 Å². The monoisotopic (exact) mass is 398 g/mol. The van der Waals surface area contributed by atoms with Gasteiger partial charge in [0.15, 0.2) is 6.23 Å². The van der Waals surface area contributed by atoms with E-state index in [2.05, 4.69) is 12.2 Å². The molecule has 0 aliphatic carbocycles. The summed E-state index contributed by atoms with van der Waals surface area (Å²) in [6.45, 7) is 10.7. The molecule has 0 bridgehead atoms. The Morgan fingerprint density at radius 3 is 2.24 bits per heavy atom. The van der Waals surface area contributed by atoms with Crippen LogP contribution in [0.1, 0.15) is 47.5 Å². The first-order valence-electron chi connectivity index (χ1n) is 10.3. The number of nitrogens with zero attached hydrogens (tertiary/aromatic N) is 1. The van der Waals surface area contributed by atoms with E-state index in [1.165, 1.54) is 0 Å². The molecule has 0 saturated carbocycles. The third-order valence-electron chi connectivity index (χ3n) is 4.31. The van der Waals surface area contributed by atoms with Gasteiger partial charge in [0.2, 0.25) is 0 Å². The van der Waals surface area contributed by atoms with Gasteiger partial charge in [-0.05, 0) is 52.8 Å². The quantitative estimate of drug-likeness (QED) is 0.665. The summed E-state index contributed by atoms with van der Waals surface area (Å²) in [5.41, 5.74) is 0.216. The zero-order valence-corrected chi connectivity index (χ0v) is 18.2. The van der Waals surface area contributed by atoms with Crippen LogP contribution in [-0.4, -0.2) is 30.5 Å². The van der Waals surface area contributed by atoms with Gasteiger partial charge in [-0.1, -0.05) is 61.9 Å². The molecule has 1 amide bonds. The van der Waals surface area contributed by atoms with Crippen molar-refractivity contribution in [3.05, 3.63) is 60.7 Å². The second-order valence-electron chi connectivity index (χ2n) is 8.08. The molecule has 0 aromatic heterocycles. The van der Waals surface area contributed by atoms with Gasteiger partial charge in [-0.15, -0.1) is 0 Å². The Bertz CT molecular complexity index is 717. The van der Waals surface area contributed by atoms with E-state index in [0.717, 1.165) is 25.1 Å². The Kier molecular flexibility index (Phi) is 8.52. The van der Waals surface area contributed by atoms with Crippen molar-refractivity contribution in [1.82, 2.24) is 5.32 Å². The molecule has 0 spiro atoms. The highest BCUT2D eigenvalue weighted by molar-refractivity contribution is 5.92. The van der Waals surface area contributed by atoms with E-state index < -0.39 is 11.8 Å². The van der Waals surface area contributed by atoms with Crippen LogP contribution < -0.4 is 15.0 Å². The molecule has 29 heavy (non-hydrogen) atoms. The average molecular weight is 399 g/mol. The molecule has 3 rings (SSSR count). The summed E-state index contributed by atoms with van der Waals surface area (Å²) in [6.07, 6.45) is 1.44. The summed E-state index contributed by atoms with van der Waals surface area (Å²) >= 11 is 0. The van der Waals surface area contributed by atoms with E-state index in [9.17, 15) is 4.79 Å². The topological polar surface area (TPSA) is 50.8 Å². The number of para-hydroxylation sites is 2. The number of amides is 1. The summed E-state index contributed by atoms with van der Waals surface area (Å²) in [4.78, 5) is 14.3. The highest BCUT2D eigenvalue weighted by Gasteiger charge is 2.40. The zero-order valence-electron chi connectivity index (χ0n) is 18.2. The fourth-order valence-electron chi connectivity index (χ4n) is 2.91. The summed E-state index contributed by atoms with van der Waals surface area (Å²) in [7, 11) is 0. The molecule has 0 fully saturated rings. The molecule has 2 aromatic carbocycles. The lowest BCUT2D eigenvalue weighted by Crippen LogP contribution is -2.52. The van der Waals surface area contributed by atoms with Crippen LogP contribution in [0.25, 0.3) is 0 Å². The minimum Gasteiger partial charge on any atom is -0.466 e. The van der Waals surface area contributed by atoms with Gasteiger partial charge >= 0.3 is 6.09 Å². The zero-order chi connectivity index (χ0) is 21.3. The largest absolute Gasteiger partial charge is 0.466 e. The first-order chi connectivity index (χ1) is 13.8. The molecule has 2 aromatic rings. The summed E-state index contributed by atoms with van der Waals surface area (Å²) in [5, 5.41) is 3.43. The van der Waals surface area contributed by atoms with Crippen LogP contribution >= 0.6 is 0 Å². The van der Waals surface area contributed by atoms with Crippen molar-refractivity contribution in [3.8, 4) is 5.75 Å². The molecule has 1 aliphatic rings. The normalized spacial score (nSPS) is 16.2. The number of nitrogens with one attached hydrogen (secondary N) is 1. The molecule has 1 aliphatic heterocycles. The molecular formula is C24H34N2O3. The summed E-state index contributed by atoms with van der Waals surface area (Å²) in [6, 6.07) is 19.6. The molecular weight excluding hydrogens is 364 g/mol. The SMILES string of the molecule is CCCCNC(C)C1Oc2ccccc2N1C(=O)OC(C)(C)C.c1ccccc1. The van der Waals surface area contributed by atoms with E-state index >= 15 is 0 Å². The van der Waals surface area contributed by atoms with E-state index in [1.807, 2.05) is 88.4 Å². The number of anilines is 1. The maximum absolute atomic E-state index is 12.7. The van der Waals surface area contributed by atoms with E-state index in [0.29, 0.717) is 5.75 Å². The van der Waals surface area contributed by atoms with E-state index in [4.69, 9.17) is 9.47 Å². The minimum absolute atomic E-state index is 0.00136. The summed E-state index contributed by atoms with van der Waals surface area (Å²) in [5.74, 6) is 0.715. The molecule has 1 heterocycles. The highest BCUT2D eigenvalue weighted by atomic mass is 16.6. The van der Waals surface area contributed by atoms with Gasteiger partial charge in [0.25, 0.3) is 0 Å². The molecule has 2 unspecified atom stereocenters. The predicted molar refractivity (Wildman–Crippen MR) is 118 cm³/mol.